The average Bonchev–Trinajstić information content (AvgIpc) is 3.08. The van der Waals surface area contributed by atoms with Crippen LogP contribution in [0.5, 0.6) is 0 Å². The normalized spacial score (nSPS) is 21.3. The van der Waals surface area contributed by atoms with Crippen molar-refractivity contribution in [3.8, 4) is 0 Å². The highest BCUT2D eigenvalue weighted by Gasteiger charge is 2.50. The van der Waals surface area contributed by atoms with Crippen LogP contribution in [0.2, 0.25) is 0 Å². The van der Waals surface area contributed by atoms with Gasteiger partial charge in [0, 0.05) is 38.3 Å². The van der Waals surface area contributed by atoms with Crippen molar-refractivity contribution in [2.45, 2.75) is 142 Å². The monoisotopic (exact) mass is 697 g/mol. The predicted molar refractivity (Wildman–Crippen MR) is 183 cm³/mol. The highest BCUT2D eigenvalue weighted by molar-refractivity contribution is 5.73. The van der Waals surface area contributed by atoms with Crippen molar-refractivity contribution in [3.05, 3.63) is 0 Å². The molecule has 49 heavy (non-hydrogen) atoms. The van der Waals surface area contributed by atoms with E-state index < -0.39 is 33.9 Å². The molecule has 2 fully saturated rings. The zero-order valence-electron chi connectivity index (χ0n) is 31.9. The zero-order valence-corrected chi connectivity index (χ0v) is 31.9. The molecule has 1 saturated carbocycles. The molecule has 0 unspecified atom stereocenters. The lowest BCUT2D eigenvalue weighted by molar-refractivity contribution is -0.163. The number of carbonyl (C=O) groups excluding carboxylic acids is 5. The molecule has 0 spiro atoms. The molecule has 0 aromatic carbocycles. The fraction of sp³-hybridized carbons (Fsp3) is 0.861. The van der Waals surface area contributed by atoms with Gasteiger partial charge in [-0.05, 0) is 114 Å². The lowest BCUT2D eigenvalue weighted by Gasteiger charge is -2.53. The average molecular weight is 698 g/mol. The van der Waals surface area contributed by atoms with Gasteiger partial charge in [0.1, 0.15) is 28.5 Å². The zero-order chi connectivity index (χ0) is 37.3. The summed E-state index contributed by atoms with van der Waals surface area (Å²) < 4.78 is 28.1. The minimum absolute atomic E-state index is 0.0168. The quantitative estimate of drug-likeness (QED) is 0.140. The fourth-order valence-corrected chi connectivity index (χ4v) is 6.76. The van der Waals surface area contributed by atoms with Gasteiger partial charge in [0.05, 0.1) is 19.6 Å². The SMILES string of the molecule is CC(C)(C)OC(=O)CN1CCN(CC(=O)OC(C)(C)C)CC(C2CCC(OC=O)CC2)(N(CCC(C)(C)OC=O)CC(=O)OC(C)(C)C)C1. The van der Waals surface area contributed by atoms with Crippen LogP contribution in [0, 0.1) is 5.92 Å². The maximum atomic E-state index is 13.7. The van der Waals surface area contributed by atoms with Crippen LogP contribution < -0.4 is 0 Å². The Morgan fingerprint density at radius 2 is 1.14 bits per heavy atom. The van der Waals surface area contributed by atoms with Crippen molar-refractivity contribution in [2.24, 2.45) is 5.92 Å². The van der Waals surface area contributed by atoms with Crippen molar-refractivity contribution in [2.75, 3.05) is 52.4 Å². The second kappa shape index (κ2) is 17.4. The largest absolute Gasteiger partial charge is 0.465 e. The van der Waals surface area contributed by atoms with Crippen LogP contribution in [0.3, 0.4) is 0 Å². The number of rotatable bonds is 15. The highest BCUT2D eigenvalue weighted by atomic mass is 16.6. The van der Waals surface area contributed by atoms with Crippen LogP contribution in [0.1, 0.15) is 108 Å². The molecule has 0 N–H and O–H groups in total. The van der Waals surface area contributed by atoms with Crippen molar-refractivity contribution in [1.82, 2.24) is 14.7 Å². The lowest BCUT2D eigenvalue weighted by Crippen LogP contribution is -2.66. The molecule has 13 heteroatoms. The maximum Gasteiger partial charge on any atom is 0.320 e. The second-order valence-corrected chi connectivity index (χ2v) is 17.1. The molecule has 1 heterocycles. The van der Waals surface area contributed by atoms with Gasteiger partial charge >= 0.3 is 17.9 Å². The van der Waals surface area contributed by atoms with E-state index in [4.69, 9.17) is 23.7 Å². The Balaban J connectivity index is 2.71. The Hall–Kier alpha value is -2.77. The first-order chi connectivity index (χ1) is 22.5. The molecule has 1 aliphatic carbocycles. The van der Waals surface area contributed by atoms with Gasteiger partial charge in [0.15, 0.2) is 0 Å². The molecular weight excluding hydrogens is 634 g/mol. The van der Waals surface area contributed by atoms with Crippen LogP contribution in [0.4, 0.5) is 0 Å². The summed E-state index contributed by atoms with van der Waals surface area (Å²) in [6.45, 7) is 23.0. The van der Waals surface area contributed by atoms with Gasteiger partial charge in [-0.15, -0.1) is 0 Å². The summed E-state index contributed by atoms with van der Waals surface area (Å²) in [5.41, 5.74) is -3.70. The van der Waals surface area contributed by atoms with Gasteiger partial charge in [-0.25, -0.2) is 0 Å². The number of hydrogen-bond acceptors (Lipinski definition) is 13. The molecule has 0 atom stereocenters. The summed E-state index contributed by atoms with van der Waals surface area (Å²) in [6, 6.07) is 0. The number of hydrogen-bond donors (Lipinski definition) is 0. The van der Waals surface area contributed by atoms with Crippen LogP contribution in [-0.2, 0) is 47.7 Å². The Morgan fingerprint density at radius 1 is 0.694 bits per heavy atom. The Morgan fingerprint density at radius 3 is 1.55 bits per heavy atom. The Bertz CT molecular complexity index is 1070. The molecule has 2 rings (SSSR count). The van der Waals surface area contributed by atoms with Crippen LogP contribution in [0.25, 0.3) is 0 Å². The number of ether oxygens (including phenoxy) is 5. The molecular formula is C36H63N3O10. The first-order valence-electron chi connectivity index (χ1n) is 17.5. The number of nitrogens with zero attached hydrogens (tertiary/aromatic N) is 3. The van der Waals surface area contributed by atoms with Crippen molar-refractivity contribution >= 4 is 30.9 Å². The van der Waals surface area contributed by atoms with E-state index in [2.05, 4.69) is 4.90 Å². The molecule has 13 nitrogen and oxygen atoms in total. The van der Waals surface area contributed by atoms with E-state index in [9.17, 15) is 24.0 Å². The highest BCUT2D eigenvalue weighted by Crippen LogP contribution is 2.40. The van der Waals surface area contributed by atoms with E-state index in [1.165, 1.54) is 0 Å². The molecule has 0 aromatic rings. The molecule has 0 aromatic heterocycles. The molecule has 2 aliphatic rings. The summed E-state index contributed by atoms with van der Waals surface area (Å²) in [5.74, 6) is -1.19. The third-order valence-electron chi connectivity index (χ3n) is 8.68. The van der Waals surface area contributed by atoms with Crippen molar-refractivity contribution < 1.29 is 47.7 Å². The van der Waals surface area contributed by atoms with E-state index in [0.29, 0.717) is 77.8 Å². The molecule has 0 bridgehead atoms. The molecule has 282 valence electrons. The first kappa shape index (κ1) is 42.4. The minimum Gasteiger partial charge on any atom is -0.465 e. The fourth-order valence-electron chi connectivity index (χ4n) is 6.76. The Kier molecular flexibility index (Phi) is 15.1. The van der Waals surface area contributed by atoms with E-state index in [1.54, 1.807) is 0 Å². The molecule has 0 amide bonds. The third-order valence-corrected chi connectivity index (χ3v) is 8.68. The summed E-state index contributed by atoms with van der Waals surface area (Å²) in [5, 5.41) is 0. The van der Waals surface area contributed by atoms with Crippen molar-refractivity contribution in [1.29, 1.82) is 0 Å². The summed E-state index contributed by atoms with van der Waals surface area (Å²) in [4.78, 5) is 69.0. The van der Waals surface area contributed by atoms with Crippen LogP contribution in [0.15, 0.2) is 0 Å². The van der Waals surface area contributed by atoms with Gasteiger partial charge in [-0.2, -0.15) is 0 Å². The second-order valence-electron chi connectivity index (χ2n) is 17.1. The van der Waals surface area contributed by atoms with Crippen LogP contribution >= 0.6 is 0 Å². The smallest absolute Gasteiger partial charge is 0.320 e. The minimum atomic E-state index is -0.832. The topological polar surface area (TPSA) is 141 Å². The van der Waals surface area contributed by atoms with Gasteiger partial charge in [0.2, 0.25) is 0 Å². The summed E-state index contributed by atoms with van der Waals surface area (Å²) >= 11 is 0. The standard InChI is InChI=1S/C36H63N3O10/c1-32(2,3)47-29(42)20-37-18-19-38(21-30(43)48-33(4,5)6)24-36(23-37,27-12-14-28(15-13-27)45-25-40)39(17-16-35(10,11)46-26-41)22-31(44)49-34(7,8)9/h25-28H,12-24H2,1-11H3. The maximum absolute atomic E-state index is 13.7. The van der Waals surface area contributed by atoms with Gasteiger partial charge in [-0.1, -0.05) is 0 Å². The van der Waals surface area contributed by atoms with E-state index in [0.717, 1.165) is 0 Å². The van der Waals surface area contributed by atoms with Crippen LogP contribution in [-0.4, -0.2) is 132 Å². The summed E-state index contributed by atoms with van der Waals surface area (Å²) in [7, 11) is 0. The van der Waals surface area contributed by atoms with E-state index in [-0.39, 0.29) is 43.6 Å². The Labute approximate surface area is 293 Å². The first-order valence-corrected chi connectivity index (χ1v) is 17.5. The third kappa shape index (κ3) is 15.3. The number of carbonyl (C=O) groups is 5. The molecule has 1 saturated heterocycles. The summed E-state index contributed by atoms with van der Waals surface area (Å²) in [6.07, 6.45) is 2.80. The van der Waals surface area contributed by atoms with Gasteiger partial charge in [0.25, 0.3) is 12.9 Å². The number of esters is 3. The lowest BCUT2D eigenvalue weighted by atomic mass is 9.71. The molecule has 1 aliphatic heterocycles. The van der Waals surface area contributed by atoms with Gasteiger partial charge in [-0.3, -0.25) is 38.7 Å². The van der Waals surface area contributed by atoms with E-state index in [1.807, 2.05) is 86.0 Å². The van der Waals surface area contributed by atoms with E-state index >= 15 is 0 Å². The molecule has 0 radical (unpaired) electrons. The van der Waals surface area contributed by atoms with Gasteiger partial charge < -0.3 is 23.7 Å². The van der Waals surface area contributed by atoms with Crippen molar-refractivity contribution in [3.63, 3.8) is 0 Å². The predicted octanol–water partition coefficient (Wildman–Crippen LogP) is 3.74.